The van der Waals surface area contributed by atoms with Crippen LogP contribution < -0.4 is 0 Å². The van der Waals surface area contributed by atoms with Gasteiger partial charge in [0.2, 0.25) is 0 Å². The molecule has 0 aliphatic rings. The van der Waals surface area contributed by atoms with E-state index in [1.165, 1.54) is 0 Å². The van der Waals surface area contributed by atoms with Crippen LogP contribution in [0.15, 0.2) is 6.07 Å². The van der Waals surface area contributed by atoms with Crippen molar-refractivity contribution in [1.29, 1.82) is 0 Å². The molecule has 0 atom stereocenters. The maximum absolute atomic E-state index is 12.9. The molecule has 0 aromatic carbocycles. The number of pyridine rings is 1. The summed E-state index contributed by atoms with van der Waals surface area (Å²) in [4.78, 5) is 12.9. The monoisotopic (exact) mass is 243 g/mol. The predicted octanol–water partition coefficient (Wildman–Crippen LogP) is 2.99. The van der Waals surface area contributed by atoms with Crippen molar-refractivity contribution in [2.45, 2.75) is 12.6 Å². The minimum absolute atomic E-state index is 0.172. The zero-order valence-electron chi connectivity index (χ0n) is 7.36. The van der Waals surface area contributed by atoms with Gasteiger partial charge in [-0.3, -0.25) is 4.79 Å². The highest BCUT2D eigenvalue weighted by Gasteiger charge is 2.35. The third kappa shape index (κ3) is 2.31. The first-order chi connectivity index (χ1) is 7.27. The van der Waals surface area contributed by atoms with E-state index in [4.69, 9.17) is 0 Å². The van der Waals surface area contributed by atoms with Gasteiger partial charge in [-0.05, 0) is 0 Å². The molecule has 0 saturated carbocycles. The molecule has 2 nitrogen and oxygen atoms in total. The van der Waals surface area contributed by atoms with Crippen LogP contribution in [0.4, 0.5) is 26.3 Å². The minimum Gasteiger partial charge on any atom is -0.296 e. The number of hydrogen-bond acceptors (Lipinski definition) is 2. The molecule has 0 fully saturated rings. The first-order valence-corrected chi connectivity index (χ1v) is 3.78. The Bertz CT molecular complexity index is 414. The van der Waals surface area contributed by atoms with Gasteiger partial charge in [0.25, 0.3) is 6.43 Å². The highest BCUT2D eigenvalue weighted by Crippen LogP contribution is 2.31. The van der Waals surface area contributed by atoms with Gasteiger partial charge >= 0.3 is 6.18 Å². The van der Waals surface area contributed by atoms with Gasteiger partial charge in [-0.25, -0.2) is 18.2 Å². The molecule has 1 aromatic rings. The third-order valence-electron chi connectivity index (χ3n) is 1.66. The summed E-state index contributed by atoms with van der Waals surface area (Å²) < 4.78 is 73.5. The average Bonchev–Trinajstić information content (AvgIpc) is 2.14. The van der Waals surface area contributed by atoms with E-state index in [9.17, 15) is 31.1 Å². The standard InChI is InChI=1S/C8H3F6NO/c9-3-1-5(8(12,13)14)15-4(2-16)6(3)7(10)11/h1-2,7H. The fourth-order valence-electron chi connectivity index (χ4n) is 0.993. The van der Waals surface area contributed by atoms with Crippen LogP contribution in [-0.4, -0.2) is 11.3 Å². The lowest BCUT2D eigenvalue weighted by molar-refractivity contribution is -0.141. The summed E-state index contributed by atoms with van der Waals surface area (Å²) in [6, 6.07) is -0.172. The van der Waals surface area contributed by atoms with E-state index in [0.717, 1.165) is 0 Å². The maximum atomic E-state index is 12.9. The first-order valence-electron chi connectivity index (χ1n) is 3.78. The summed E-state index contributed by atoms with van der Waals surface area (Å²) in [7, 11) is 0. The minimum atomic E-state index is -5.00. The number of nitrogens with zero attached hydrogens (tertiary/aromatic N) is 1. The molecular weight excluding hydrogens is 240 g/mol. The largest absolute Gasteiger partial charge is 0.433 e. The van der Waals surface area contributed by atoms with Crippen LogP contribution in [0.2, 0.25) is 0 Å². The van der Waals surface area contributed by atoms with Crippen molar-refractivity contribution in [3.8, 4) is 0 Å². The molecule has 8 heteroatoms. The molecule has 0 N–H and O–H groups in total. The lowest BCUT2D eigenvalue weighted by Crippen LogP contribution is -2.13. The smallest absolute Gasteiger partial charge is 0.296 e. The van der Waals surface area contributed by atoms with E-state index >= 15 is 0 Å². The van der Waals surface area contributed by atoms with Crippen molar-refractivity contribution in [1.82, 2.24) is 4.98 Å². The van der Waals surface area contributed by atoms with Gasteiger partial charge in [-0.1, -0.05) is 0 Å². The Labute approximate surface area is 84.9 Å². The van der Waals surface area contributed by atoms with E-state index in [-0.39, 0.29) is 12.4 Å². The zero-order chi connectivity index (χ0) is 12.5. The second-order valence-electron chi connectivity index (χ2n) is 2.70. The van der Waals surface area contributed by atoms with Crippen LogP contribution in [0.3, 0.4) is 0 Å². The normalized spacial score (nSPS) is 11.9. The summed E-state index contributed by atoms with van der Waals surface area (Å²) in [5.74, 6) is -1.81. The van der Waals surface area contributed by atoms with Crippen LogP contribution >= 0.6 is 0 Å². The van der Waals surface area contributed by atoms with Crippen LogP contribution in [0.1, 0.15) is 28.2 Å². The van der Waals surface area contributed by atoms with Crippen molar-refractivity contribution in [2.75, 3.05) is 0 Å². The molecule has 0 radical (unpaired) electrons. The number of aromatic nitrogens is 1. The molecule has 16 heavy (non-hydrogen) atoms. The Morgan fingerprint density at radius 3 is 2.25 bits per heavy atom. The summed E-state index contributed by atoms with van der Waals surface area (Å²) in [5, 5.41) is 0. The van der Waals surface area contributed by atoms with Crippen molar-refractivity contribution in [3.63, 3.8) is 0 Å². The van der Waals surface area contributed by atoms with Gasteiger partial charge in [0.15, 0.2) is 6.29 Å². The Hall–Kier alpha value is -1.60. The summed E-state index contributed by atoms with van der Waals surface area (Å²) >= 11 is 0. The van der Waals surface area contributed by atoms with E-state index in [0.29, 0.717) is 0 Å². The molecular formula is C8H3F6NO. The van der Waals surface area contributed by atoms with Gasteiger partial charge in [-0.15, -0.1) is 0 Å². The van der Waals surface area contributed by atoms with E-state index < -0.39 is 35.4 Å². The van der Waals surface area contributed by atoms with Crippen LogP contribution in [-0.2, 0) is 6.18 Å². The molecule has 0 aliphatic carbocycles. The third-order valence-corrected chi connectivity index (χ3v) is 1.66. The number of rotatable bonds is 2. The molecule has 0 aliphatic heterocycles. The SMILES string of the molecule is O=Cc1nc(C(F)(F)F)cc(F)c1C(F)F. The van der Waals surface area contributed by atoms with E-state index in [2.05, 4.69) is 4.98 Å². The van der Waals surface area contributed by atoms with Gasteiger partial charge in [0.1, 0.15) is 17.2 Å². The average molecular weight is 243 g/mol. The number of hydrogen-bond donors (Lipinski definition) is 0. The number of alkyl halides is 5. The molecule has 1 rings (SSSR count). The fourth-order valence-corrected chi connectivity index (χ4v) is 0.993. The van der Waals surface area contributed by atoms with Gasteiger partial charge in [0.05, 0.1) is 5.56 Å². The van der Waals surface area contributed by atoms with Crippen molar-refractivity contribution in [2.24, 2.45) is 0 Å². The predicted molar refractivity (Wildman–Crippen MR) is 39.5 cm³/mol. The number of halogens is 6. The highest BCUT2D eigenvalue weighted by atomic mass is 19.4. The molecule has 0 bridgehead atoms. The second kappa shape index (κ2) is 4.11. The van der Waals surface area contributed by atoms with Crippen LogP contribution in [0.5, 0.6) is 0 Å². The molecule has 0 unspecified atom stereocenters. The second-order valence-corrected chi connectivity index (χ2v) is 2.70. The molecule has 0 saturated heterocycles. The first kappa shape index (κ1) is 12.5. The highest BCUT2D eigenvalue weighted by molar-refractivity contribution is 5.74. The fraction of sp³-hybridized carbons (Fsp3) is 0.250. The molecule has 88 valence electrons. The molecule has 1 heterocycles. The van der Waals surface area contributed by atoms with Crippen molar-refractivity contribution in [3.05, 3.63) is 28.8 Å². The topological polar surface area (TPSA) is 30.0 Å². The zero-order valence-corrected chi connectivity index (χ0v) is 7.36. The van der Waals surface area contributed by atoms with Crippen molar-refractivity contribution < 1.29 is 31.1 Å². The molecule has 0 amide bonds. The Kier molecular flexibility index (Phi) is 3.20. The van der Waals surface area contributed by atoms with Crippen LogP contribution in [0.25, 0.3) is 0 Å². The van der Waals surface area contributed by atoms with E-state index in [1.54, 1.807) is 0 Å². The summed E-state index contributed by atoms with van der Waals surface area (Å²) in [6.45, 7) is 0. The van der Waals surface area contributed by atoms with Crippen molar-refractivity contribution >= 4 is 6.29 Å². The number of carbonyl (C=O) groups is 1. The summed E-state index contributed by atoms with van der Waals surface area (Å²) in [5.41, 5.74) is -4.40. The quantitative estimate of drug-likeness (QED) is 0.590. The Morgan fingerprint density at radius 1 is 1.31 bits per heavy atom. The molecule has 1 aromatic heterocycles. The number of aldehydes is 1. The van der Waals surface area contributed by atoms with Crippen LogP contribution in [0, 0.1) is 5.82 Å². The lowest BCUT2D eigenvalue weighted by atomic mass is 10.1. The number of carbonyl (C=O) groups excluding carboxylic acids is 1. The Morgan fingerprint density at radius 2 is 1.88 bits per heavy atom. The Balaban J connectivity index is 3.44. The van der Waals surface area contributed by atoms with Gasteiger partial charge < -0.3 is 0 Å². The van der Waals surface area contributed by atoms with Gasteiger partial charge in [-0.2, -0.15) is 13.2 Å². The maximum Gasteiger partial charge on any atom is 0.433 e. The molecule has 0 spiro atoms. The van der Waals surface area contributed by atoms with E-state index in [1.807, 2.05) is 0 Å². The lowest BCUT2D eigenvalue weighted by Gasteiger charge is -2.09. The van der Waals surface area contributed by atoms with Gasteiger partial charge in [0, 0.05) is 6.07 Å². The summed E-state index contributed by atoms with van der Waals surface area (Å²) in [6.07, 6.45) is -8.76.